The molecule has 0 amide bonds. The molecule has 1 unspecified atom stereocenters. The average molecular weight is 311 g/mol. The van der Waals surface area contributed by atoms with Crippen molar-refractivity contribution in [2.45, 2.75) is 17.9 Å². The lowest BCUT2D eigenvalue weighted by molar-refractivity contribution is 0.391. The van der Waals surface area contributed by atoms with Gasteiger partial charge in [0.2, 0.25) is 10.0 Å². The molecule has 21 heavy (non-hydrogen) atoms. The van der Waals surface area contributed by atoms with Gasteiger partial charge in [0.15, 0.2) is 0 Å². The highest BCUT2D eigenvalue weighted by molar-refractivity contribution is 7.89. The van der Waals surface area contributed by atoms with Crippen molar-refractivity contribution >= 4 is 10.0 Å². The van der Waals surface area contributed by atoms with Gasteiger partial charge in [0.25, 0.3) is 0 Å². The second-order valence-electron chi connectivity index (χ2n) is 4.38. The van der Waals surface area contributed by atoms with E-state index in [0.717, 1.165) is 0 Å². The first-order valence-electron chi connectivity index (χ1n) is 6.25. The van der Waals surface area contributed by atoms with Crippen LogP contribution in [0.4, 0.5) is 0 Å². The molecule has 2 rings (SSSR count). The number of hydrogen-bond donors (Lipinski definition) is 1. The zero-order valence-corrected chi connectivity index (χ0v) is 12.8. The fraction of sp³-hybridized carbons (Fsp3) is 0.286. The Labute approximate surface area is 123 Å². The molecule has 114 valence electrons. The van der Waals surface area contributed by atoms with Crippen LogP contribution < -0.4 is 14.2 Å². The topological polar surface area (TPSA) is 77.8 Å². The third-order valence-corrected chi connectivity index (χ3v) is 4.52. The van der Waals surface area contributed by atoms with Gasteiger partial charge in [0.1, 0.15) is 22.2 Å². The molecule has 1 N–H and O–H groups in total. The van der Waals surface area contributed by atoms with E-state index in [2.05, 4.69) is 4.72 Å². The number of benzene rings is 1. The Morgan fingerprint density at radius 1 is 1.19 bits per heavy atom. The molecule has 7 heteroatoms. The Morgan fingerprint density at radius 2 is 1.95 bits per heavy atom. The fourth-order valence-corrected chi connectivity index (χ4v) is 3.28. The summed E-state index contributed by atoms with van der Waals surface area (Å²) < 4.78 is 42.9. The van der Waals surface area contributed by atoms with E-state index < -0.39 is 16.1 Å². The van der Waals surface area contributed by atoms with E-state index in [1.165, 1.54) is 26.5 Å². The predicted molar refractivity (Wildman–Crippen MR) is 77.0 cm³/mol. The molecule has 0 fully saturated rings. The van der Waals surface area contributed by atoms with Crippen LogP contribution in [0.15, 0.2) is 45.9 Å². The van der Waals surface area contributed by atoms with Crippen LogP contribution in [0.3, 0.4) is 0 Å². The number of ether oxygens (including phenoxy) is 2. The van der Waals surface area contributed by atoms with Crippen molar-refractivity contribution in [3.8, 4) is 11.5 Å². The van der Waals surface area contributed by atoms with Crippen LogP contribution in [0.25, 0.3) is 0 Å². The van der Waals surface area contributed by atoms with E-state index in [4.69, 9.17) is 13.9 Å². The van der Waals surface area contributed by atoms with Crippen molar-refractivity contribution in [3.63, 3.8) is 0 Å². The SMILES string of the molecule is COc1ccc(OC)c(S(=O)(=O)NC(C)c2ccco2)c1. The van der Waals surface area contributed by atoms with Crippen molar-refractivity contribution in [2.75, 3.05) is 14.2 Å². The van der Waals surface area contributed by atoms with Gasteiger partial charge >= 0.3 is 0 Å². The summed E-state index contributed by atoms with van der Waals surface area (Å²) in [4.78, 5) is 0.0164. The summed E-state index contributed by atoms with van der Waals surface area (Å²) in [6.45, 7) is 1.70. The van der Waals surface area contributed by atoms with Crippen LogP contribution in [0.2, 0.25) is 0 Å². The van der Waals surface area contributed by atoms with Gasteiger partial charge in [-0.25, -0.2) is 13.1 Å². The van der Waals surface area contributed by atoms with Crippen LogP contribution >= 0.6 is 0 Å². The number of hydrogen-bond acceptors (Lipinski definition) is 5. The molecule has 0 spiro atoms. The van der Waals surface area contributed by atoms with Gasteiger partial charge in [-0.05, 0) is 31.2 Å². The molecule has 1 aromatic heterocycles. The maximum Gasteiger partial charge on any atom is 0.245 e. The molecule has 0 aliphatic rings. The summed E-state index contributed by atoms with van der Waals surface area (Å²) in [6.07, 6.45) is 1.49. The quantitative estimate of drug-likeness (QED) is 0.886. The maximum absolute atomic E-state index is 12.5. The smallest absolute Gasteiger partial charge is 0.245 e. The third kappa shape index (κ3) is 3.37. The van der Waals surface area contributed by atoms with Gasteiger partial charge in [-0.2, -0.15) is 0 Å². The Kier molecular flexibility index (Phi) is 4.54. The third-order valence-electron chi connectivity index (χ3n) is 2.96. The van der Waals surface area contributed by atoms with Gasteiger partial charge in [-0.3, -0.25) is 0 Å². The predicted octanol–water partition coefficient (Wildman–Crippen LogP) is 2.34. The number of rotatable bonds is 6. The minimum absolute atomic E-state index is 0.0164. The standard InChI is InChI=1S/C14H17NO5S/c1-10(12-5-4-8-20-12)15-21(16,17)14-9-11(18-2)6-7-13(14)19-3/h4-10,15H,1-3H3. The molecule has 1 heterocycles. The largest absolute Gasteiger partial charge is 0.497 e. The Bertz CT molecular complexity index is 694. The molecule has 0 saturated carbocycles. The zero-order valence-electron chi connectivity index (χ0n) is 12.0. The van der Waals surface area contributed by atoms with E-state index in [0.29, 0.717) is 11.5 Å². The number of sulfonamides is 1. The van der Waals surface area contributed by atoms with Crippen molar-refractivity contribution in [1.29, 1.82) is 0 Å². The van der Waals surface area contributed by atoms with E-state index in [1.807, 2.05) is 0 Å². The van der Waals surface area contributed by atoms with Gasteiger partial charge in [0.05, 0.1) is 26.5 Å². The highest BCUT2D eigenvalue weighted by Crippen LogP contribution is 2.29. The highest BCUT2D eigenvalue weighted by atomic mass is 32.2. The molecule has 2 aromatic rings. The molecular formula is C14H17NO5S. The number of furan rings is 1. The molecule has 6 nitrogen and oxygen atoms in total. The van der Waals surface area contributed by atoms with Gasteiger partial charge in [0, 0.05) is 6.07 Å². The van der Waals surface area contributed by atoms with Crippen LogP contribution in [0.5, 0.6) is 11.5 Å². The van der Waals surface area contributed by atoms with E-state index >= 15 is 0 Å². The number of nitrogens with one attached hydrogen (secondary N) is 1. The summed E-state index contributed by atoms with van der Waals surface area (Å²) in [5.74, 6) is 1.21. The normalized spacial score (nSPS) is 12.9. The van der Waals surface area contributed by atoms with Gasteiger partial charge in [-0.15, -0.1) is 0 Å². The summed E-state index contributed by atoms with van der Waals surface area (Å²) >= 11 is 0. The Hall–Kier alpha value is -1.99. The maximum atomic E-state index is 12.5. The lowest BCUT2D eigenvalue weighted by Gasteiger charge is -2.15. The monoisotopic (exact) mass is 311 g/mol. The summed E-state index contributed by atoms with van der Waals surface area (Å²) in [5, 5.41) is 0. The van der Waals surface area contributed by atoms with E-state index in [9.17, 15) is 8.42 Å². The second kappa shape index (κ2) is 6.19. The van der Waals surface area contributed by atoms with Crippen molar-refractivity contribution in [3.05, 3.63) is 42.4 Å². The molecule has 0 saturated heterocycles. The Balaban J connectivity index is 2.34. The van der Waals surface area contributed by atoms with Crippen LogP contribution in [-0.4, -0.2) is 22.6 Å². The van der Waals surface area contributed by atoms with Gasteiger partial charge in [-0.1, -0.05) is 0 Å². The summed E-state index contributed by atoms with van der Waals surface area (Å²) in [7, 11) is -0.893. The molecule has 0 aliphatic carbocycles. The second-order valence-corrected chi connectivity index (χ2v) is 6.06. The first-order chi connectivity index (χ1) is 9.97. The zero-order chi connectivity index (χ0) is 15.5. The van der Waals surface area contributed by atoms with Gasteiger partial charge < -0.3 is 13.9 Å². The van der Waals surface area contributed by atoms with Crippen molar-refractivity contribution in [1.82, 2.24) is 4.72 Å². The van der Waals surface area contributed by atoms with Crippen molar-refractivity contribution in [2.24, 2.45) is 0 Å². The molecule has 1 atom stereocenters. The fourth-order valence-electron chi connectivity index (χ4n) is 1.89. The van der Waals surface area contributed by atoms with Crippen molar-refractivity contribution < 1.29 is 22.3 Å². The molecule has 0 aliphatic heterocycles. The summed E-state index contributed by atoms with van der Waals surface area (Å²) in [5.41, 5.74) is 0. The molecule has 0 bridgehead atoms. The lowest BCUT2D eigenvalue weighted by atomic mass is 10.3. The molecule has 1 aromatic carbocycles. The summed E-state index contributed by atoms with van der Waals surface area (Å²) in [6, 6.07) is 7.50. The minimum Gasteiger partial charge on any atom is -0.497 e. The first kappa shape index (κ1) is 15.4. The molecular weight excluding hydrogens is 294 g/mol. The lowest BCUT2D eigenvalue weighted by Crippen LogP contribution is -2.27. The number of methoxy groups -OCH3 is 2. The first-order valence-corrected chi connectivity index (χ1v) is 7.74. The van der Waals surface area contributed by atoms with Crippen LogP contribution in [-0.2, 0) is 10.0 Å². The average Bonchev–Trinajstić information content (AvgIpc) is 3.00. The van der Waals surface area contributed by atoms with E-state index in [1.54, 1.807) is 31.2 Å². The Morgan fingerprint density at radius 3 is 2.52 bits per heavy atom. The van der Waals surface area contributed by atoms with E-state index in [-0.39, 0.29) is 10.6 Å². The minimum atomic E-state index is -3.78. The van der Waals surface area contributed by atoms with Crippen LogP contribution in [0.1, 0.15) is 18.7 Å². The molecule has 0 radical (unpaired) electrons. The van der Waals surface area contributed by atoms with Crippen LogP contribution in [0, 0.1) is 0 Å². The highest BCUT2D eigenvalue weighted by Gasteiger charge is 2.24.